The maximum atomic E-state index is 12.6. The van der Waals surface area contributed by atoms with Crippen LogP contribution in [0.2, 0.25) is 5.02 Å². The summed E-state index contributed by atoms with van der Waals surface area (Å²) in [4.78, 5) is 25.0. The number of phenols is 2. The van der Waals surface area contributed by atoms with Crippen LogP contribution in [0.5, 0.6) is 17.2 Å². The number of fused-ring (bicyclic) bond motifs is 1. The van der Waals surface area contributed by atoms with E-state index in [0.717, 1.165) is 16.2 Å². The molecule has 4 aromatic rings. The Balaban J connectivity index is 1.44. The molecule has 0 saturated heterocycles. The van der Waals surface area contributed by atoms with Crippen LogP contribution in [-0.2, 0) is 0 Å². The van der Waals surface area contributed by atoms with Crippen LogP contribution in [0, 0.1) is 0 Å². The van der Waals surface area contributed by atoms with Crippen LogP contribution >= 0.6 is 22.9 Å². The minimum absolute atomic E-state index is 0.0390. The van der Waals surface area contributed by atoms with Gasteiger partial charge in [-0.05, 0) is 35.9 Å². The van der Waals surface area contributed by atoms with E-state index in [1.54, 1.807) is 24.3 Å². The second-order valence-corrected chi connectivity index (χ2v) is 8.03. The third-order valence-corrected chi connectivity index (χ3v) is 6.05. The molecule has 1 amide bonds. The topological polar surface area (TPSA) is 108 Å². The van der Waals surface area contributed by atoms with Crippen LogP contribution in [0.15, 0.2) is 71.8 Å². The molecule has 0 spiro atoms. The summed E-state index contributed by atoms with van der Waals surface area (Å²) in [5.41, 5.74) is 2.81. The number of amides is 1. The third kappa shape index (κ3) is 4.56. The number of rotatable bonds is 5. The molecule has 0 bridgehead atoms. The Kier molecular flexibility index (Phi) is 6.07. The summed E-state index contributed by atoms with van der Waals surface area (Å²) >= 11 is 7.59. The van der Waals surface area contributed by atoms with Crippen molar-refractivity contribution in [2.24, 2.45) is 5.10 Å². The van der Waals surface area contributed by atoms with E-state index in [9.17, 15) is 19.8 Å². The minimum Gasteiger partial charge on any atom is -0.508 e. The van der Waals surface area contributed by atoms with Gasteiger partial charge in [-0.3, -0.25) is 4.79 Å². The van der Waals surface area contributed by atoms with Gasteiger partial charge in [0.05, 0.1) is 16.8 Å². The smallest absolute Gasteiger partial charge is 0.355 e. The van der Waals surface area contributed by atoms with Crippen LogP contribution in [0.4, 0.5) is 0 Å². The van der Waals surface area contributed by atoms with Crippen LogP contribution in [-0.4, -0.2) is 28.3 Å². The van der Waals surface area contributed by atoms with Crippen molar-refractivity contribution in [2.45, 2.75) is 0 Å². The van der Waals surface area contributed by atoms with Gasteiger partial charge in [-0.15, -0.1) is 11.3 Å². The number of hydrogen-bond donors (Lipinski definition) is 3. The summed E-state index contributed by atoms with van der Waals surface area (Å²) in [6.45, 7) is 0. The fraction of sp³-hybridized carbons (Fsp3) is 0. The van der Waals surface area contributed by atoms with Gasteiger partial charge in [0, 0.05) is 16.2 Å². The molecule has 1 heterocycles. The molecule has 0 unspecified atom stereocenters. The van der Waals surface area contributed by atoms with Crippen molar-refractivity contribution in [2.75, 3.05) is 0 Å². The van der Waals surface area contributed by atoms with Crippen molar-refractivity contribution in [3.05, 3.63) is 87.8 Å². The lowest BCUT2D eigenvalue weighted by Crippen LogP contribution is -2.17. The summed E-state index contributed by atoms with van der Waals surface area (Å²) in [5.74, 6) is -1.46. The normalized spacial score (nSPS) is 11.0. The van der Waals surface area contributed by atoms with Crippen LogP contribution in [0.3, 0.4) is 0 Å². The molecule has 0 radical (unpaired) electrons. The lowest BCUT2D eigenvalue weighted by atomic mass is 10.2. The number of hydrazone groups is 1. The van der Waals surface area contributed by atoms with E-state index in [4.69, 9.17) is 16.3 Å². The highest BCUT2D eigenvalue weighted by molar-refractivity contribution is 7.21. The molecule has 3 aromatic carbocycles. The first-order chi connectivity index (χ1) is 15.4. The molecule has 0 aliphatic heterocycles. The maximum Gasteiger partial charge on any atom is 0.355 e. The molecule has 1 aromatic heterocycles. The summed E-state index contributed by atoms with van der Waals surface area (Å²) < 4.78 is 6.35. The van der Waals surface area contributed by atoms with Crippen LogP contribution < -0.4 is 10.2 Å². The second-order valence-electron chi connectivity index (χ2n) is 6.60. The number of nitrogens with zero attached hydrogens (tertiary/aromatic N) is 1. The van der Waals surface area contributed by atoms with Crippen molar-refractivity contribution < 1.29 is 24.5 Å². The number of phenolic OH excluding ortho intramolecular Hbond substituents is 2. The Morgan fingerprint density at radius 1 is 1.03 bits per heavy atom. The molecular weight excluding hydrogens is 452 g/mol. The van der Waals surface area contributed by atoms with Gasteiger partial charge in [0.1, 0.15) is 22.1 Å². The highest BCUT2D eigenvalue weighted by Gasteiger charge is 2.19. The van der Waals surface area contributed by atoms with E-state index in [1.165, 1.54) is 29.7 Å². The third-order valence-electron chi connectivity index (χ3n) is 4.39. The molecule has 32 heavy (non-hydrogen) atoms. The second kappa shape index (κ2) is 9.09. The van der Waals surface area contributed by atoms with Gasteiger partial charge in [0.2, 0.25) is 0 Å². The Morgan fingerprint density at radius 2 is 1.84 bits per heavy atom. The molecule has 0 aliphatic carbocycles. The van der Waals surface area contributed by atoms with Gasteiger partial charge >= 0.3 is 5.97 Å². The highest BCUT2D eigenvalue weighted by atomic mass is 35.5. The molecule has 7 nitrogen and oxygen atoms in total. The first-order valence-corrected chi connectivity index (χ1v) is 10.5. The molecule has 0 aliphatic rings. The molecule has 0 atom stereocenters. The standard InChI is InChI=1S/C23H15ClN2O5S/c24-20-17-6-1-2-7-19(17)32-21(20)23(30)31-15-5-3-4-13(10-15)12-25-26-22(29)16-9-8-14(27)11-18(16)28/h1-12,27-28H,(H,26,29). The van der Waals surface area contributed by atoms with Crippen LogP contribution in [0.25, 0.3) is 10.1 Å². The highest BCUT2D eigenvalue weighted by Crippen LogP contribution is 2.35. The van der Waals surface area contributed by atoms with Gasteiger partial charge in [-0.2, -0.15) is 5.10 Å². The summed E-state index contributed by atoms with van der Waals surface area (Å²) in [5, 5.41) is 24.0. The largest absolute Gasteiger partial charge is 0.508 e. The van der Waals surface area contributed by atoms with Crippen LogP contribution in [0.1, 0.15) is 25.6 Å². The molecule has 0 fully saturated rings. The number of nitrogens with one attached hydrogen (secondary N) is 1. The lowest BCUT2D eigenvalue weighted by Gasteiger charge is -2.05. The Labute approximate surface area is 191 Å². The fourth-order valence-corrected chi connectivity index (χ4v) is 4.28. The SMILES string of the molecule is O=C(NN=Cc1cccc(OC(=O)c2sc3ccccc3c2Cl)c1)c1ccc(O)cc1O. The van der Waals surface area contributed by atoms with Gasteiger partial charge in [0.15, 0.2) is 0 Å². The monoisotopic (exact) mass is 466 g/mol. The average Bonchev–Trinajstić information content (AvgIpc) is 3.11. The summed E-state index contributed by atoms with van der Waals surface area (Å²) in [6, 6.07) is 17.6. The number of esters is 1. The zero-order chi connectivity index (χ0) is 22.7. The first kappa shape index (κ1) is 21.4. The predicted octanol–water partition coefficient (Wildman–Crippen LogP) is 4.95. The fourth-order valence-electron chi connectivity index (χ4n) is 2.89. The number of ether oxygens (including phenoxy) is 1. The van der Waals surface area contributed by atoms with E-state index in [-0.39, 0.29) is 22.8 Å². The number of benzene rings is 3. The van der Waals surface area contributed by atoms with E-state index in [0.29, 0.717) is 15.5 Å². The summed E-state index contributed by atoms with van der Waals surface area (Å²) in [7, 11) is 0. The van der Waals surface area contributed by atoms with Crippen molar-refractivity contribution in [3.8, 4) is 17.2 Å². The van der Waals surface area contributed by atoms with Gasteiger partial charge < -0.3 is 14.9 Å². The molecule has 9 heteroatoms. The number of hydrogen-bond acceptors (Lipinski definition) is 7. The Hall–Kier alpha value is -3.88. The van der Waals surface area contributed by atoms with E-state index >= 15 is 0 Å². The zero-order valence-corrected chi connectivity index (χ0v) is 17.9. The maximum absolute atomic E-state index is 12.6. The number of aromatic hydroxyl groups is 2. The van der Waals surface area contributed by atoms with Crippen molar-refractivity contribution in [3.63, 3.8) is 0 Å². The predicted molar refractivity (Wildman–Crippen MR) is 123 cm³/mol. The van der Waals surface area contributed by atoms with Gasteiger partial charge in [-0.25, -0.2) is 10.2 Å². The number of carbonyl (C=O) groups is 2. The quantitative estimate of drug-likeness (QED) is 0.167. The first-order valence-electron chi connectivity index (χ1n) is 9.27. The Morgan fingerprint density at radius 3 is 2.62 bits per heavy atom. The zero-order valence-electron chi connectivity index (χ0n) is 16.3. The summed E-state index contributed by atoms with van der Waals surface area (Å²) in [6.07, 6.45) is 1.36. The number of halogens is 1. The van der Waals surface area contributed by atoms with E-state index in [1.807, 2.05) is 24.3 Å². The van der Waals surface area contributed by atoms with Crippen molar-refractivity contribution in [1.82, 2.24) is 5.43 Å². The Bertz CT molecular complexity index is 1370. The minimum atomic E-state index is -0.652. The van der Waals surface area contributed by atoms with Crippen molar-refractivity contribution in [1.29, 1.82) is 0 Å². The molecule has 160 valence electrons. The van der Waals surface area contributed by atoms with E-state index < -0.39 is 11.9 Å². The molecule has 3 N–H and O–H groups in total. The number of thiophene rings is 1. The molecule has 0 saturated carbocycles. The van der Waals surface area contributed by atoms with E-state index in [2.05, 4.69) is 10.5 Å². The molecular formula is C23H15ClN2O5S. The lowest BCUT2D eigenvalue weighted by molar-refractivity contribution is 0.0739. The number of carbonyl (C=O) groups excluding carboxylic acids is 2. The average molecular weight is 467 g/mol. The molecule has 4 rings (SSSR count). The van der Waals surface area contributed by atoms with Gasteiger partial charge in [0.25, 0.3) is 5.91 Å². The van der Waals surface area contributed by atoms with Gasteiger partial charge in [-0.1, -0.05) is 41.9 Å². The van der Waals surface area contributed by atoms with Crippen molar-refractivity contribution >= 4 is 51.1 Å².